The predicted octanol–water partition coefficient (Wildman–Crippen LogP) is 4.62. The first kappa shape index (κ1) is 18.6. The van der Waals surface area contributed by atoms with Gasteiger partial charge in [0.1, 0.15) is 23.3 Å². The molecule has 0 bridgehead atoms. The fraction of sp³-hybridized carbons (Fsp3) is 0.381. The molecule has 1 aromatic carbocycles. The molecular weight excluding hydrogens is 357 g/mol. The van der Waals surface area contributed by atoms with Gasteiger partial charge >= 0.3 is 0 Å². The van der Waals surface area contributed by atoms with Gasteiger partial charge in [0.2, 0.25) is 0 Å². The number of hydrogen-bond acceptors (Lipinski definition) is 5. The van der Waals surface area contributed by atoms with Crippen molar-refractivity contribution in [3.8, 4) is 5.69 Å². The van der Waals surface area contributed by atoms with E-state index in [1.807, 2.05) is 10.6 Å². The van der Waals surface area contributed by atoms with Gasteiger partial charge < -0.3 is 15.5 Å². The van der Waals surface area contributed by atoms with Crippen molar-refractivity contribution in [3.05, 3.63) is 47.5 Å². The Hall–Kier alpha value is -2.80. The lowest BCUT2D eigenvalue weighted by Gasteiger charge is -2.24. The fourth-order valence-electron chi connectivity index (χ4n) is 3.54. The third-order valence-electron chi connectivity index (χ3n) is 4.98. The standard InChI is InChI=1S/C21H24FN5O/c1-13(2)18-11-16-21(27(18)15-8-6-14(22)7-9-15)25-17(12-23)20(24-16)26-19-5-3-4-10-28-19/h6-9,11-13,19,23H,3-5,10H2,1-2H3,(H,24,26). The summed E-state index contributed by atoms with van der Waals surface area (Å²) >= 11 is 0. The smallest absolute Gasteiger partial charge is 0.164 e. The molecule has 3 heterocycles. The van der Waals surface area contributed by atoms with Crippen molar-refractivity contribution in [3.63, 3.8) is 0 Å². The van der Waals surface area contributed by atoms with Gasteiger partial charge in [0.05, 0.1) is 0 Å². The lowest BCUT2D eigenvalue weighted by atomic mass is 10.1. The largest absolute Gasteiger partial charge is 0.359 e. The zero-order valence-corrected chi connectivity index (χ0v) is 16.1. The van der Waals surface area contributed by atoms with Crippen LogP contribution in [-0.4, -0.2) is 33.6 Å². The highest BCUT2D eigenvalue weighted by Crippen LogP contribution is 2.29. The van der Waals surface area contributed by atoms with Gasteiger partial charge in [-0.1, -0.05) is 13.8 Å². The van der Waals surface area contributed by atoms with Crippen molar-refractivity contribution >= 4 is 23.2 Å². The van der Waals surface area contributed by atoms with E-state index in [9.17, 15) is 4.39 Å². The number of ether oxygens (including phenoxy) is 1. The van der Waals surface area contributed by atoms with Gasteiger partial charge in [0.15, 0.2) is 11.5 Å². The molecule has 1 unspecified atom stereocenters. The lowest BCUT2D eigenvalue weighted by molar-refractivity contribution is 0.0341. The van der Waals surface area contributed by atoms with E-state index < -0.39 is 0 Å². The summed E-state index contributed by atoms with van der Waals surface area (Å²) in [6.07, 6.45) is 4.17. The highest BCUT2D eigenvalue weighted by atomic mass is 19.1. The molecule has 2 aromatic heterocycles. The highest BCUT2D eigenvalue weighted by Gasteiger charge is 2.20. The Morgan fingerprint density at radius 1 is 1.25 bits per heavy atom. The summed E-state index contributed by atoms with van der Waals surface area (Å²) < 4.78 is 21.1. The van der Waals surface area contributed by atoms with Crippen LogP contribution in [-0.2, 0) is 4.74 Å². The SMILES string of the molecule is CC(C)c1cc2nc(NC3CCCCO3)c(C=N)nc2n1-c1ccc(F)cc1. The van der Waals surface area contributed by atoms with Crippen LogP contribution < -0.4 is 5.32 Å². The molecule has 0 saturated carbocycles. The van der Waals surface area contributed by atoms with Crippen molar-refractivity contribution in [1.82, 2.24) is 14.5 Å². The molecule has 28 heavy (non-hydrogen) atoms. The quantitative estimate of drug-likeness (QED) is 0.633. The molecule has 0 spiro atoms. The molecule has 1 atom stereocenters. The van der Waals surface area contributed by atoms with E-state index in [1.165, 1.54) is 18.3 Å². The first-order valence-electron chi connectivity index (χ1n) is 9.64. The summed E-state index contributed by atoms with van der Waals surface area (Å²) in [5.74, 6) is 0.500. The Morgan fingerprint density at radius 2 is 2.04 bits per heavy atom. The van der Waals surface area contributed by atoms with E-state index in [4.69, 9.17) is 20.1 Å². The number of aromatic nitrogens is 3. The van der Waals surface area contributed by atoms with Gasteiger partial charge in [0.25, 0.3) is 0 Å². The van der Waals surface area contributed by atoms with Gasteiger partial charge in [-0.05, 0) is 55.5 Å². The highest BCUT2D eigenvalue weighted by molar-refractivity contribution is 5.87. The maximum absolute atomic E-state index is 13.4. The van der Waals surface area contributed by atoms with E-state index in [0.717, 1.165) is 42.8 Å². The third-order valence-corrected chi connectivity index (χ3v) is 4.98. The van der Waals surface area contributed by atoms with Gasteiger partial charge in [-0.25, -0.2) is 14.4 Å². The van der Waals surface area contributed by atoms with E-state index in [2.05, 4.69) is 19.2 Å². The molecule has 1 aliphatic rings. The Bertz CT molecular complexity index is 990. The van der Waals surface area contributed by atoms with Crippen molar-refractivity contribution in [2.45, 2.75) is 45.3 Å². The Balaban J connectivity index is 1.83. The molecule has 0 amide bonds. The van der Waals surface area contributed by atoms with Crippen LogP contribution >= 0.6 is 0 Å². The van der Waals surface area contributed by atoms with Gasteiger partial charge in [-0.15, -0.1) is 0 Å². The second-order valence-corrected chi connectivity index (χ2v) is 7.35. The van der Waals surface area contributed by atoms with Crippen LogP contribution in [0.1, 0.15) is 50.4 Å². The summed E-state index contributed by atoms with van der Waals surface area (Å²) in [5.41, 5.74) is 3.70. The Morgan fingerprint density at radius 3 is 2.68 bits per heavy atom. The molecule has 146 valence electrons. The van der Waals surface area contributed by atoms with Crippen LogP contribution in [0.15, 0.2) is 30.3 Å². The molecule has 1 aliphatic heterocycles. The van der Waals surface area contributed by atoms with E-state index in [1.54, 1.807) is 12.1 Å². The minimum atomic E-state index is -0.281. The summed E-state index contributed by atoms with van der Waals surface area (Å²) in [6, 6.07) is 8.35. The minimum absolute atomic E-state index is 0.108. The van der Waals surface area contributed by atoms with Crippen LogP contribution in [0.25, 0.3) is 16.9 Å². The monoisotopic (exact) mass is 381 g/mol. The van der Waals surface area contributed by atoms with Gasteiger partial charge in [0, 0.05) is 24.2 Å². The number of nitrogens with zero attached hydrogens (tertiary/aromatic N) is 3. The van der Waals surface area contributed by atoms with E-state index in [-0.39, 0.29) is 18.0 Å². The Kier molecular flexibility index (Phi) is 5.09. The number of benzene rings is 1. The minimum Gasteiger partial charge on any atom is -0.359 e. The molecule has 1 fully saturated rings. The van der Waals surface area contributed by atoms with E-state index >= 15 is 0 Å². The van der Waals surface area contributed by atoms with Crippen LogP contribution in [0.4, 0.5) is 10.2 Å². The van der Waals surface area contributed by atoms with Crippen LogP contribution in [0.3, 0.4) is 0 Å². The summed E-state index contributed by atoms with van der Waals surface area (Å²) in [7, 11) is 0. The average molecular weight is 381 g/mol. The number of rotatable bonds is 5. The van der Waals surface area contributed by atoms with Crippen molar-refractivity contribution in [2.75, 3.05) is 11.9 Å². The number of hydrogen-bond donors (Lipinski definition) is 2. The maximum Gasteiger partial charge on any atom is 0.164 e. The zero-order chi connectivity index (χ0) is 19.7. The molecule has 4 rings (SSSR count). The maximum atomic E-state index is 13.4. The molecule has 0 aliphatic carbocycles. The zero-order valence-electron chi connectivity index (χ0n) is 16.1. The fourth-order valence-corrected chi connectivity index (χ4v) is 3.54. The first-order chi connectivity index (χ1) is 13.6. The Labute approximate surface area is 163 Å². The summed E-state index contributed by atoms with van der Waals surface area (Å²) in [5, 5.41) is 11.1. The molecule has 0 radical (unpaired) electrons. The van der Waals surface area contributed by atoms with Gasteiger partial charge in [-0.3, -0.25) is 4.57 Å². The second-order valence-electron chi connectivity index (χ2n) is 7.35. The van der Waals surface area contributed by atoms with Crippen LogP contribution in [0, 0.1) is 11.2 Å². The topological polar surface area (TPSA) is 75.8 Å². The number of halogens is 1. The van der Waals surface area contributed by atoms with Crippen molar-refractivity contribution < 1.29 is 9.13 Å². The second kappa shape index (κ2) is 7.67. The molecule has 7 heteroatoms. The predicted molar refractivity (Wildman–Crippen MR) is 108 cm³/mol. The molecule has 6 nitrogen and oxygen atoms in total. The van der Waals surface area contributed by atoms with Crippen molar-refractivity contribution in [2.24, 2.45) is 0 Å². The first-order valence-corrected chi connectivity index (χ1v) is 9.64. The molecular formula is C21H24FN5O. The van der Waals surface area contributed by atoms with Crippen LogP contribution in [0.2, 0.25) is 0 Å². The normalized spacial score (nSPS) is 17.2. The number of nitrogens with one attached hydrogen (secondary N) is 2. The molecule has 2 N–H and O–H groups in total. The summed E-state index contributed by atoms with van der Waals surface area (Å²) in [4.78, 5) is 9.45. The van der Waals surface area contributed by atoms with Gasteiger partial charge in [-0.2, -0.15) is 0 Å². The molecule has 1 saturated heterocycles. The number of anilines is 1. The summed E-state index contributed by atoms with van der Waals surface area (Å²) in [6.45, 7) is 4.92. The van der Waals surface area contributed by atoms with Crippen molar-refractivity contribution in [1.29, 1.82) is 5.41 Å². The average Bonchev–Trinajstić information content (AvgIpc) is 3.07. The molecule has 3 aromatic rings. The lowest BCUT2D eigenvalue weighted by Crippen LogP contribution is -2.28. The van der Waals surface area contributed by atoms with Crippen LogP contribution in [0.5, 0.6) is 0 Å². The number of fused-ring (bicyclic) bond motifs is 1. The van der Waals surface area contributed by atoms with E-state index in [0.29, 0.717) is 17.2 Å². The third kappa shape index (κ3) is 3.49.